The van der Waals surface area contributed by atoms with E-state index in [-0.39, 0.29) is 45.7 Å². The van der Waals surface area contributed by atoms with E-state index in [1.165, 1.54) is 46.5 Å². The Morgan fingerprint density at radius 3 is 1.77 bits per heavy atom. The van der Waals surface area contributed by atoms with Gasteiger partial charge in [-0.05, 0) is 36.4 Å². The number of carbonyl (C=O) groups excluding carboxylic acids is 2. The zero-order valence-corrected chi connectivity index (χ0v) is 20.1. The van der Waals surface area contributed by atoms with Gasteiger partial charge in [0.1, 0.15) is 35.3 Å². The van der Waals surface area contributed by atoms with Crippen molar-refractivity contribution in [1.82, 2.24) is 39.3 Å². The van der Waals surface area contributed by atoms with Crippen LogP contribution in [0.5, 0.6) is 0 Å². The summed E-state index contributed by atoms with van der Waals surface area (Å²) in [6.45, 7) is 0. The van der Waals surface area contributed by atoms with Gasteiger partial charge in [-0.25, -0.2) is 38.1 Å². The van der Waals surface area contributed by atoms with Gasteiger partial charge >= 0.3 is 0 Å². The third-order valence-electron chi connectivity index (χ3n) is 5.75. The predicted molar refractivity (Wildman–Crippen MR) is 139 cm³/mol. The summed E-state index contributed by atoms with van der Waals surface area (Å²) in [6, 6.07) is 6.82. The Balaban J connectivity index is 1.32. The van der Waals surface area contributed by atoms with Crippen molar-refractivity contribution in [3.05, 3.63) is 84.2 Å². The minimum Gasteiger partial charge on any atom is -0.398 e. The molecule has 6 aromatic rings. The highest BCUT2D eigenvalue weighted by atomic mass is 19.1. The summed E-state index contributed by atoms with van der Waals surface area (Å²) >= 11 is 0. The van der Waals surface area contributed by atoms with Crippen LogP contribution in [0, 0.1) is 11.6 Å². The Kier molecular flexibility index (Phi) is 5.68. The number of halogens is 2. The van der Waals surface area contributed by atoms with Gasteiger partial charge in [-0.2, -0.15) is 9.97 Å². The van der Waals surface area contributed by atoms with Crippen LogP contribution in [0.1, 0.15) is 20.7 Å². The number of hydrogen-bond donors (Lipinski definition) is 4. The third-order valence-corrected chi connectivity index (χ3v) is 5.75. The van der Waals surface area contributed by atoms with Crippen LogP contribution in [0.25, 0.3) is 22.3 Å². The number of benzene rings is 2. The fourth-order valence-electron chi connectivity index (χ4n) is 3.83. The third kappa shape index (κ3) is 4.34. The molecular weight excluding hydrogens is 526 g/mol. The van der Waals surface area contributed by atoms with E-state index in [0.29, 0.717) is 11.0 Å². The standard InChI is InChI=1S/C24H16F2N12O2/c25-11-2-4-15(27)14(5-11)22(40)36-24-30-8-18-20(34-24)38(10-32-18)37-9-31-17-7-29-23(33-19(17)37)35-21(39)13-3-1-12(26)6-16(13)28/h1-10H,27-28H2,(H,29,33,35,39)(H,30,34,36,40). The first kappa shape index (κ1) is 24.3. The number of fused-ring (bicyclic) bond motifs is 2. The maximum absolute atomic E-state index is 13.6. The number of aromatic nitrogens is 8. The van der Waals surface area contributed by atoms with E-state index in [9.17, 15) is 18.4 Å². The number of nitrogens with two attached hydrogens (primary N) is 2. The molecule has 0 unspecified atom stereocenters. The smallest absolute Gasteiger partial charge is 0.260 e. The first-order chi connectivity index (χ1) is 19.3. The summed E-state index contributed by atoms with van der Waals surface area (Å²) in [5, 5.41) is 5.02. The zero-order chi connectivity index (χ0) is 28.0. The molecule has 2 aromatic carbocycles. The van der Waals surface area contributed by atoms with E-state index in [4.69, 9.17) is 11.5 Å². The zero-order valence-electron chi connectivity index (χ0n) is 20.1. The lowest BCUT2D eigenvalue weighted by Crippen LogP contribution is -2.17. The molecule has 6 N–H and O–H groups in total. The molecule has 40 heavy (non-hydrogen) atoms. The van der Waals surface area contributed by atoms with E-state index < -0.39 is 23.4 Å². The second-order valence-corrected chi connectivity index (χ2v) is 8.35. The van der Waals surface area contributed by atoms with Crippen LogP contribution in [-0.4, -0.2) is 51.1 Å². The van der Waals surface area contributed by atoms with Crippen LogP contribution in [0.15, 0.2) is 61.4 Å². The lowest BCUT2D eigenvalue weighted by molar-refractivity contribution is 0.101. The number of nitrogen functional groups attached to an aromatic ring is 2. The molecule has 16 heteroatoms. The molecular formula is C24H16F2N12O2. The van der Waals surface area contributed by atoms with Crippen molar-refractivity contribution >= 4 is 57.4 Å². The van der Waals surface area contributed by atoms with Gasteiger partial charge in [0, 0.05) is 11.4 Å². The number of amides is 2. The van der Waals surface area contributed by atoms with Crippen molar-refractivity contribution in [3.63, 3.8) is 0 Å². The number of carbonyl (C=O) groups is 2. The molecule has 0 fully saturated rings. The largest absolute Gasteiger partial charge is 0.398 e. The average molecular weight is 542 g/mol. The summed E-state index contributed by atoms with van der Waals surface area (Å²) in [7, 11) is 0. The predicted octanol–water partition coefficient (Wildman–Crippen LogP) is 2.22. The lowest BCUT2D eigenvalue weighted by Gasteiger charge is -2.09. The highest BCUT2D eigenvalue weighted by Gasteiger charge is 2.17. The molecule has 0 atom stereocenters. The number of hydrogen-bond acceptors (Lipinski definition) is 10. The molecule has 0 bridgehead atoms. The highest BCUT2D eigenvalue weighted by Crippen LogP contribution is 2.20. The van der Waals surface area contributed by atoms with E-state index in [0.717, 1.165) is 24.3 Å². The molecule has 198 valence electrons. The summed E-state index contributed by atoms with van der Waals surface area (Å²) < 4.78 is 30.0. The fraction of sp³-hybridized carbons (Fsp3) is 0. The van der Waals surface area contributed by atoms with Crippen LogP contribution in [0.2, 0.25) is 0 Å². The number of nitrogens with one attached hydrogen (secondary N) is 2. The molecule has 0 aliphatic heterocycles. The Labute approximate surface area is 221 Å². The maximum Gasteiger partial charge on any atom is 0.260 e. The van der Waals surface area contributed by atoms with Crippen molar-refractivity contribution < 1.29 is 18.4 Å². The van der Waals surface area contributed by atoms with Gasteiger partial charge in [-0.3, -0.25) is 20.2 Å². The average Bonchev–Trinajstić information content (AvgIpc) is 3.53. The molecule has 14 nitrogen and oxygen atoms in total. The molecule has 6 rings (SSSR count). The normalized spacial score (nSPS) is 11.2. The summed E-state index contributed by atoms with van der Waals surface area (Å²) in [4.78, 5) is 50.8. The molecule has 2 amide bonds. The minimum absolute atomic E-state index is 0.0452. The monoisotopic (exact) mass is 542 g/mol. The van der Waals surface area contributed by atoms with Crippen molar-refractivity contribution in [2.45, 2.75) is 0 Å². The van der Waals surface area contributed by atoms with Gasteiger partial charge in [0.25, 0.3) is 11.8 Å². The Bertz CT molecular complexity index is 1970. The summed E-state index contributed by atoms with van der Waals surface area (Å²) in [5.41, 5.74) is 12.8. The first-order valence-corrected chi connectivity index (χ1v) is 11.4. The van der Waals surface area contributed by atoms with Crippen LogP contribution in [-0.2, 0) is 0 Å². The Morgan fingerprint density at radius 2 is 1.20 bits per heavy atom. The lowest BCUT2D eigenvalue weighted by atomic mass is 10.1. The number of nitrogens with zero attached hydrogens (tertiary/aromatic N) is 8. The van der Waals surface area contributed by atoms with Gasteiger partial charge in [0.2, 0.25) is 11.9 Å². The van der Waals surface area contributed by atoms with Crippen LogP contribution < -0.4 is 22.1 Å². The number of imidazole rings is 2. The van der Waals surface area contributed by atoms with Gasteiger partial charge in [-0.1, -0.05) is 0 Å². The molecule has 0 saturated heterocycles. The molecule has 4 heterocycles. The molecule has 0 aliphatic rings. The molecule has 0 spiro atoms. The highest BCUT2D eigenvalue weighted by molar-refractivity contribution is 6.07. The van der Waals surface area contributed by atoms with E-state index >= 15 is 0 Å². The first-order valence-electron chi connectivity index (χ1n) is 11.4. The van der Waals surface area contributed by atoms with Gasteiger partial charge in [0.15, 0.2) is 11.3 Å². The molecule has 0 aliphatic carbocycles. The van der Waals surface area contributed by atoms with E-state index in [1.807, 2.05) is 0 Å². The number of rotatable bonds is 5. The van der Waals surface area contributed by atoms with Crippen molar-refractivity contribution in [3.8, 4) is 0 Å². The van der Waals surface area contributed by atoms with Gasteiger partial charge < -0.3 is 11.5 Å². The van der Waals surface area contributed by atoms with E-state index in [1.54, 1.807) is 0 Å². The van der Waals surface area contributed by atoms with Crippen molar-refractivity contribution in [2.24, 2.45) is 0 Å². The van der Waals surface area contributed by atoms with E-state index in [2.05, 4.69) is 40.5 Å². The molecule has 0 saturated carbocycles. The van der Waals surface area contributed by atoms with Gasteiger partial charge in [-0.15, -0.1) is 0 Å². The van der Waals surface area contributed by atoms with Crippen molar-refractivity contribution in [2.75, 3.05) is 22.1 Å². The van der Waals surface area contributed by atoms with Crippen molar-refractivity contribution in [1.29, 1.82) is 0 Å². The SMILES string of the molecule is Nc1cc(F)ccc1C(=O)Nc1ncc2ncn(-n3cnc4cnc(NC(=O)c5cc(F)ccc5N)nc43)c2n1. The fourth-order valence-corrected chi connectivity index (χ4v) is 3.83. The molecule has 0 radical (unpaired) electrons. The van der Waals surface area contributed by atoms with Crippen LogP contribution >= 0.6 is 0 Å². The van der Waals surface area contributed by atoms with Crippen LogP contribution in [0.3, 0.4) is 0 Å². The second-order valence-electron chi connectivity index (χ2n) is 8.35. The van der Waals surface area contributed by atoms with Crippen LogP contribution in [0.4, 0.5) is 32.1 Å². The minimum atomic E-state index is -0.703. The second kappa shape index (κ2) is 9.35. The quantitative estimate of drug-likeness (QED) is 0.234. The van der Waals surface area contributed by atoms with Gasteiger partial charge in [0.05, 0.1) is 23.5 Å². The number of anilines is 4. The maximum atomic E-state index is 13.6. The summed E-state index contributed by atoms with van der Waals surface area (Å²) in [6.07, 6.45) is 5.63. The molecule has 4 aromatic heterocycles. The topological polar surface area (TPSA) is 197 Å². The summed E-state index contributed by atoms with van der Waals surface area (Å²) in [5.74, 6) is -2.70. The Hall–Kier alpha value is -6.06. The Morgan fingerprint density at radius 1 is 0.675 bits per heavy atom.